The standard InChI is InChI=1S/C17H21NO3.C17H19NO2.2C2H6/c1-10-8-12(3)15(9-11(10)2)18-16(19)13-6-4-5-7-14(13)17(20)21;1-10-8-12(3)15(9-11(10)2)18-16-13-6-4-5-7-14(13)17(19)20-16;2*1-2/h8-9H,4-7H2,1-3H3,(H,18,19)(H,20,21);8-9H,4-7H2,1-3H3;2*1-2H3. The average molecular weight is 617 g/mol. The number of cyclic esters (lactones) is 1. The highest BCUT2D eigenvalue weighted by Crippen LogP contribution is 2.34. The van der Waals surface area contributed by atoms with Crippen LogP contribution in [0.25, 0.3) is 0 Å². The van der Waals surface area contributed by atoms with Crippen LogP contribution in [-0.2, 0) is 19.1 Å². The molecule has 0 saturated carbocycles. The van der Waals surface area contributed by atoms with Gasteiger partial charge in [0.15, 0.2) is 0 Å². The van der Waals surface area contributed by atoms with E-state index in [1.54, 1.807) is 0 Å². The van der Waals surface area contributed by atoms with Crippen LogP contribution in [0, 0.1) is 41.5 Å². The number of aliphatic imine (C=N–C) groups is 1. The van der Waals surface area contributed by atoms with E-state index in [1.165, 1.54) is 16.7 Å². The molecule has 0 saturated heterocycles. The molecule has 0 bridgehead atoms. The summed E-state index contributed by atoms with van der Waals surface area (Å²) >= 11 is 0. The van der Waals surface area contributed by atoms with Gasteiger partial charge in [-0.15, -0.1) is 0 Å². The molecule has 2 N–H and O–H groups in total. The molecule has 2 aromatic carbocycles. The lowest BCUT2D eigenvalue weighted by Gasteiger charge is -2.18. The molecule has 2 aliphatic carbocycles. The Bertz CT molecular complexity index is 1510. The topological polar surface area (TPSA) is 105 Å². The van der Waals surface area contributed by atoms with Gasteiger partial charge in [0.25, 0.3) is 5.91 Å². The third kappa shape index (κ3) is 9.49. The molecule has 3 aliphatic rings. The normalized spacial score (nSPS) is 16.3. The van der Waals surface area contributed by atoms with Crippen molar-refractivity contribution in [3.05, 3.63) is 79.9 Å². The van der Waals surface area contributed by atoms with Crippen LogP contribution in [0.15, 0.2) is 51.6 Å². The van der Waals surface area contributed by atoms with Gasteiger partial charge in [0, 0.05) is 28.0 Å². The molecule has 0 spiro atoms. The summed E-state index contributed by atoms with van der Waals surface area (Å²) in [6.07, 6.45) is 6.64. The lowest BCUT2D eigenvalue weighted by atomic mass is 9.91. The van der Waals surface area contributed by atoms with Crippen LogP contribution in [0.2, 0.25) is 0 Å². The molecule has 7 heteroatoms. The van der Waals surface area contributed by atoms with Crippen LogP contribution in [0.5, 0.6) is 0 Å². The van der Waals surface area contributed by atoms with Gasteiger partial charge in [-0.2, -0.15) is 0 Å². The fourth-order valence-electron chi connectivity index (χ4n) is 5.53. The first-order valence-electron chi connectivity index (χ1n) is 16.4. The summed E-state index contributed by atoms with van der Waals surface area (Å²) in [5.41, 5.74) is 11.1. The van der Waals surface area contributed by atoms with E-state index in [2.05, 4.69) is 36.3 Å². The Kier molecular flexibility index (Phi) is 14.4. The van der Waals surface area contributed by atoms with E-state index in [-0.39, 0.29) is 17.4 Å². The smallest absolute Gasteiger partial charge is 0.341 e. The van der Waals surface area contributed by atoms with Crippen molar-refractivity contribution in [3.8, 4) is 0 Å². The molecule has 2 aromatic rings. The van der Waals surface area contributed by atoms with E-state index in [0.29, 0.717) is 24.3 Å². The Hall–Kier alpha value is -4.00. The largest absolute Gasteiger partial charge is 0.478 e. The maximum Gasteiger partial charge on any atom is 0.341 e. The Morgan fingerprint density at radius 3 is 1.76 bits per heavy atom. The van der Waals surface area contributed by atoms with Gasteiger partial charge < -0.3 is 15.2 Å². The van der Waals surface area contributed by atoms with Crippen molar-refractivity contribution in [1.82, 2.24) is 0 Å². The first kappa shape index (κ1) is 37.2. The van der Waals surface area contributed by atoms with Gasteiger partial charge in [0.1, 0.15) is 0 Å². The molecule has 45 heavy (non-hydrogen) atoms. The number of carbonyl (C=O) groups is 3. The lowest BCUT2D eigenvalue weighted by Crippen LogP contribution is -2.21. The predicted octanol–water partition coefficient (Wildman–Crippen LogP) is 9.63. The van der Waals surface area contributed by atoms with E-state index in [0.717, 1.165) is 77.7 Å². The molecule has 0 unspecified atom stereocenters. The minimum absolute atomic E-state index is 0.195. The Morgan fingerprint density at radius 2 is 1.16 bits per heavy atom. The van der Waals surface area contributed by atoms with Crippen LogP contribution in [-0.4, -0.2) is 28.9 Å². The fraction of sp³-hybridized carbons (Fsp3) is 0.474. The average Bonchev–Trinajstić information content (AvgIpc) is 3.35. The number of benzene rings is 2. The minimum Gasteiger partial charge on any atom is -0.478 e. The molecule has 0 fully saturated rings. The van der Waals surface area contributed by atoms with E-state index >= 15 is 0 Å². The molecule has 0 atom stereocenters. The number of hydrogen-bond acceptors (Lipinski definition) is 5. The second-order valence-electron chi connectivity index (χ2n) is 11.4. The number of aliphatic carboxylic acids is 1. The summed E-state index contributed by atoms with van der Waals surface area (Å²) in [6, 6.07) is 8.15. The van der Waals surface area contributed by atoms with Gasteiger partial charge in [-0.25, -0.2) is 14.6 Å². The molecule has 0 radical (unpaired) electrons. The molecular weight excluding hydrogens is 564 g/mol. The fourth-order valence-corrected chi connectivity index (χ4v) is 5.53. The Morgan fingerprint density at radius 1 is 0.667 bits per heavy atom. The summed E-state index contributed by atoms with van der Waals surface area (Å²) in [5.74, 6) is -0.925. The number of nitrogens with one attached hydrogen (secondary N) is 1. The lowest BCUT2D eigenvalue weighted by molar-refractivity contribution is -0.133. The number of rotatable bonds is 4. The first-order valence-corrected chi connectivity index (χ1v) is 16.4. The van der Waals surface area contributed by atoms with Crippen molar-refractivity contribution < 1.29 is 24.2 Å². The molecule has 7 nitrogen and oxygen atoms in total. The maximum atomic E-state index is 12.4. The second kappa shape index (κ2) is 17.5. The van der Waals surface area contributed by atoms with E-state index in [1.807, 2.05) is 67.5 Å². The number of ether oxygens (including phenoxy) is 1. The number of aryl methyl sites for hydroxylation is 6. The van der Waals surface area contributed by atoms with Crippen LogP contribution >= 0.6 is 0 Å². The number of amides is 1. The Balaban J connectivity index is 0.000000283. The predicted molar refractivity (Wildman–Crippen MR) is 184 cm³/mol. The first-order chi connectivity index (χ1) is 21.5. The van der Waals surface area contributed by atoms with Crippen molar-refractivity contribution >= 4 is 35.1 Å². The van der Waals surface area contributed by atoms with Gasteiger partial charge in [-0.05, 0) is 138 Å². The zero-order chi connectivity index (χ0) is 33.8. The number of carboxylic acid groups (broad SMARTS) is 1. The summed E-state index contributed by atoms with van der Waals surface area (Å²) in [4.78, 5) is 40.1. The molecule has 244 valence electrons. The number of hydrogen-bond donors (Lipinski definition) is 2. The number of nitrogens with zero attached hydrogens (tertiary/aromatic N) is 1. The van der Waals surface area contributed by atoms with Crippen molar-refractivity contribution in [3.63, 3.8) is 0 Å². The molecule has 1 aliphatic heterocycles. The monoisotopic (exact) mass is 616 g/mol. The van der Waals surface area contributed by atoms with Crippen LogP contribution in [0.1, 0.15) is 112 Å². The number of esters is 1. The van der Waals surface area contributed by atoms with Gasteiger partial charge >= 0.3 is 11.9 Å². The van der Waals surface area contributed by atoms with Gasteiger partial charge in [-0.3, -0.25) is 4.79 Å². The van der Waals surface area contributed by atoms with Gasteiger partial charge in [-0.1, -0.05) is 39.8 Å². The highest BCUT2D eigenvalue weighted by atomic mass is 16.5. The Labute approximate surface area is 269 Å². The number of anilines is 1. The zero-order valence-electron chi connectivity index (χ0n) is 29.0. The van der Waals surface area contributed by atoms with Gasteiger partial charge in [0.05, 0.1) is 5.69 Å². The summed E-state index contributed by atoms with van der Waals surface area (Å²) in [6.45, 7) is 20.2. The zero-order valence-corrected chi connectivity index (χ0v) is 29.0. The van der Waals surface area contributed by atoms with E-state index < -0.39 is 5.97 Å². The van der Waals surface area contributed by atoms with Crippen molar-refractivity contribution in [2.24, 2.45) is 4.99 Å². The van der Waals surface area contributed by atoms with Crippen molar-refractivity contribution in [2.45, 2.75) is 121 Å². The van der Waals surface area contributed by atoms with Crippen LogP contribution in [0.4, 0.5) is 11.4 Å². The van der Waals surface area contributed by atoms with Crippen LogP contribution in [0.3, 0.4) is 0 Å². The molecular formula is C38H52N2O5. The van der Waals surface area contributed by atoms with Crippen LogP contribution < -0.4 is 5.32 Å². The highest BCUT2D eigenvalue weighted by Gasteiger charge is 2.32. The minimum atomic E-state index is -0.975. The second-order valence-corrected chi connectivity index (χ2v) is 11.4. The molecule has 1 amide bonds. The van der Waals surface area contributed by atoms with Crippen molar-refractivity contribution in [2.75, 3.05) is 5.32 Å². The number of carbonyl (C=O) groups excluding carboxylic acids is 2. The van der Waals surface area contributed by atoms with E-state index in [4.69, 9.17) is 4.74 Å². The summed E-state index contributed by atoms with van der Waals surface area (Å²) in [7, 11) is 0. The molecule has 0 aromatic heterocycles. The van der Waals surface area contributed by atoms with E-state index in [9.17, 15) is 19.5 Å². The maximum absolute atomic E-state index is 12.4. The van der Waals surface area contributed by atoms with Crippen molar-refractivity contribution in [1.29, 1.82) is 0 Å². The third-order valence-corrected chi connectivity index (χ3v) is 8.29. The molecule has 1 heterocycles. The highest BCUT2D eigenvalue weighted by molar-refractivity contribution is 6.15. The quantitative estimate of drug-likeness (QED) is 0.333. The SMILES string of the molecule is CC.CC.Cc1cc(C)c(N=C2OC(=O)C3=C2CCCC3)cc1C.Cc1cc(C)c(NC(=O)C2=C(C(=O)O)CCCC2)cc1C. The molecule has 5 rings (SSSR count). The summed E-state index contributed by atoms with van der Waals surface area (Å²) in [5, 5.41) is 12.1. The van der Waals surface area contributed by atoms with Gasteiger partial charge in [0.2, 0.25) is 5.90 Å². The number of carboxylic acids is 1. The summed E-state index contributed by atoms with van der Waals surface area (Å²) < 4.78 is 5.37. The third-order valence-electron chi connectivity index (χ3n) is 8.29.